The van der Waals surface area contributed by atoms with Crippen molar-refractivity contribution < 1.29 is 18.7 Å². The first-order valence-electron chi connectivity index (χ1n) is 13.7. The van der Waals surface area contributed by atoms with Crippen LogP contribution in [0, 0.1) is 13.8 Å². The molecule has 0 radical (unpaired) electrons. The summed E-state index contributed by atoms with van der Waals surface area (Å²) in [6, 6.07) is 28.5. The predicted octanol–water partition coefficient (Wildman–Crippen LogP) is 6.79. The van der Waals surface area contributed by atoms with Crippen LogP contribution in [0.15, 0.2) is 100 Å². The molecule has 1 aliphatic heterocycles. The summed E-state index contributed by atoms with van der Waals surface area (Å²) >= 11 is 0. The Labute approximate surface area is 238 Å². The van der Waals surface area contributed by atoms with Crippen molar-refractivity contribution in [2.24, 2.45) is 0 Å². The minimum atomic E-state index is -0.599. The van der Waals surface area contributed by atoms with Gasteiger partial charge in [-0.05, 0) is 84.5 Å². The Balaban J connectivity index is 1.40. The van der Waals surface area contributed by atoms with Gasteiger partial charge in [0.2, 0.25) is 5.76 Å². The fourth-order valence-electron chi connectivity index (χ4n) is 5.41. The second-order valence-electron chi connectivity index (χ2n) is 10.5. The Bertz CT molecular complexity index is 1790. The van der Waals surface area contributed by atoms with E-state index < -0.39 is 6.04 Å². The number of hydrogen-bond donors (Lipinski definition) is 0. The van der Waals surface area contributed by atoms with Crippen molar-refractivity contribution in [3.8, 4) is 11.5 Å². The Hall–Kier alpha value is -4.84. The van der Waals surface area contributed by atoms with Crippen LogP contribution in [0.3, 0.4) is 0 Å². The Morgan fingerprint density at radius 2 is 1.56 bits per heavy atom. The topological polar surface area (TPSA) is 69.0 Å². The average molecular weight is 546 g/mol. The molecular weight excluding hydrogens is 514 g/mol. The maximum Gasteiger partial charge on any atom is 0.290 e. The Morgan fingerprint density at radius 3 is 2.32 bits per heavy atom. The molecule has 41 heavy (non-hydrogen) atoms. The van der Waals surface area contributed by atoms with Gasteiger partial charge in [0.25, 0.3) is 5.91 Å². The van der Waals surface area contributed by atoms with Crippen molar-refractivity contribution in [3.63, 3.8) is 0 Å². The summed E-state index contributed by atoms with van der Waals surface area (Å²) in [4.78, 5) is 29.6. The first-order chi connectivity index (χ1) is 19.9. The fraction of sp³-hybridized carbons (Fsp3) is 0.200. The highest BCUT2D eigenvalue weighted by molar-refractivity contribution is 5.99. The van der Waals surface area contributed by atoms with Gasteiger partial charge in [-0.2, -0.15) is 0 Å². The number of aryl methyl sites for hydroxylation is 2. The smallest absolute Gasteiger partial charge is 0.290 e. The van der Waals surface area contributed by atoms with Crippen LogP contribution < -0.4 is 14.9 Å². The second kappa shape index (κ2) is 11.0. The molecule has 1 atom stereocenters. The lowest BCUT2D eigenvalue weighted by molar-refractivity contribution is 0.0729. The van der Waals surface area contributed by atoms with E-state index in [4.69, 9.17) is 13.9 Å². The quantitative estimate of drug-likeness (QED) is 0.215. The van der Waals surface area contributed by atoms with Gasteiger partial charge in [0, 0.05) is 6.54 Å². The molecule has 0 fully saturated rings. The Morgan fingerprint density at radius 1 is 0.805 bits per heavy atom. The zero-order valence-electron chi connectivity index (χ0n) is 23.3. The van der Waals surface area contributed by atoms with Crippen molar-refractivity contribution in [2.75, 3.05) is 13.7 Å². The maximum absolute atomic E-state index is 14.0. The van der Waals surface area contributed by atoms with Gasteiger partial charge < -0.3 is 18.8 Å². The van der Waals surface area contributed by atoms with Gasteiger partial charge in [0.15, 0.2) is 5.43 Å². The maximum atomic E-state index is 14.0. The van der Waals surface area contributed by atoms with E-state index in [2.05, 4.69) is 0 Å². The molecule has 0 aliphatic carbocycles. The summed E-state index contributed by atoms with van der Waals surface area (Å²) in [5.41, 5.74) is 5.54. The lowest BCUT2D eigenvalue weighted by atomic mass is 9.97. The number of hydrogen-bond acceptors (Lipinski definition) is 5. The van der Waals surface area contributed by atoms with Crippen molar-refractivity contribution in [3.05, 3.63) is 140 Å². The average Bonchev–Trinajstić information content (AvgIpc) is 3.28. The zero-order valence-corrected chi connectivity index (χ0v) is 23.3. The van der Waals surface area contributed by atoms with Gasteiger partial charge in [-0.15, -0.1) is 0 Å². The van der Waals surface area contributed by atoms with Gasteiger partial charge in [-0.3, -0.25) is 9.59 Å². The van der Waals surface area contributed by atoms with Gasteiger partial charge >= 0.3 is 0 Å². The van der Waals surface area contributed by atoms with E-state index >= 15 is 0 Å². The largest absolute Gasteiger partial charge is 0.497 e. The van der Waals surface area contributed by atoms with Crippen LogP contribution in [0.5, 0.6) is 11.5 Å². The highest BCUT2D eigenvalue weighted by atomic mass is 16.5. The molecule has 6 nitrogen and oxygen atoms in total. The molecule has 1 aromatic heterocycles. The second-order valence-corrected chi connectivity index (χ2v) is 10.5. The number of ether oxygens (including phenoxy) is 2. The van der Waals surface area contributed by atoms with Crippen molar-refractivity contribution >= 4 is 16.9 Å². The van der Waals surface area contributed by atoms with E-state index in [0.717, 1.165) is 33.6 Å². The molecule has 0 spiro atoms. The molecule has 2 heterocycles. The van der Waals surface area contributed by atoms with E-state index in [9.17, 15) is 9.59 Å². The van der Waals surface area contributed by atoms with Crippen LogP contribution in [0.25, 0.3) is 11.0 Å². The molecule has 0 saturated carbocycles. The first-order valence-corrected chi connectivity index (χ1v) is 13.7. The molecule has 0 bridgehead atoms. The summed E-state index contributed by atoms with van der Waals surface area (Å²) in [5.74, 6) is 1.27. The molecule has 0 saturated heterocycles. The zero-order chi connectivity index (χ0) is 28.5. The Kier molecular flexibility index (Phi) is 7.06. The van der Waals surface area contributed by atoms with Crippen molar-refractivity contribution in [2.45, 2.75) is 32.9 Å². The highest BCUT2D eigenvalue weighted by Gasteiger charge is 2.42. The number of fused-ring (bicyclic) bond motifs is 2. The summed E-state index contributed by atoms with van der Waals surface area (Å²) in [6.07, 6.45) is 0.607. The minimum Gasteiger partial charge on any atom is -0.497 e. The molecule has 206 valence electrons. The fourth-order valence-corrected chi connectivity index (χ4v) is 5.41. The molecule has 0 N–H and O–H groups in total. The summed E-state index contributed by atoms with van der Waals surface area (Å²) in [7, 11) is 1.63. The number of carbonyl (C=O) groups is 1. The monoisotopic (exact) mass is 545 g/mol. The van der Waals surface area contributed by atoms with Gasteiger partial charge in [0.05, 0.1) is 24.1 Å². The lowest BCUT2D eigenvalue weighted by Crippen LogP contribution is -2.31. The van der Waals surface area contributed by atoms with Crippen LogP contribution in [-0.2, 0) is 13.0 Å². The number of rotatable bonds is 8. The van der Waals surface area contributed by atoms with Crippen LogP contribution in [0.2, 0.25) is 0 Å². The minimum absolute atomic E-state index is 0.112. The van der Waals surface area contributed by atoms with Crippen molar-refractivity contribution in [1.82, 2.24) is 4.90 Å². The van der Waals surface area contributed by atoms with Crippen LogP contribution in [0.1, 0.15) is 50.0 Å². The molecule has 1 aliphatic rings. The van der Waals surface area contributed by atoms with Crippen LogP contribution in [0.4, 0.5) is 0 Å². The highest BCUT2D eigenvalue weighted by Crippen LogP contribution is 2.39. The predicted molar refractivity (Wildman–Crippen MR) is 159 cm³/mol. The number of carbonyl (C=O) groups excluding carboxylic acids is 1. The number of nitrogens with zero attached hydrogens (tertiary/aromatic N) is 1. The molecule has 1 unspecified atom stereocenters. The molecular formula is C35H31NO5. The third-order valence-electron chi connectivity index (χ3n) is 7.80. The number of amides is 1. The van der Waals surface area contributed by atoms with Crippen LogP contribution >= 0.6 is 0 Å². The van der Waals surface area contributed by atoms with Crippen LogP contribution in [-0.4, -0.2) is 24.5 Å². The van der Waals surface area contributed by atoms with E-state index in [1.807, 2.05) is 105 Å². The van der Waals surface area contributed by atoms with Gasteiger partial charge in [0.1, 0.15) is 23.7 Å². The normalized spacial score (nSPS) is 14.4. The van der Waals surface area contributed by atoms with E-state index in [0.29, 0.717) is 41.9 Å². The number of benzene rings is 4. The molecule has 1 amide bonds. The van der Waals surface area contributed by atoms with Crippen molar-refractivity contribution in [1.29, 1.82) is 0 Å². The van der Waals surface area contributed by atoms with E-state index in [1.165, 1.54) is 0 Å². The van der Waals surface area contributed by atoms with Gasteiger partial charge in [-0.25, -0.2) is 0 Å². The van der Waals surface area contributed by atoms with E-state index in [1.54, 1.807) is 12.0 Å². The third-order valence-corrected chi connectivity index (χ3v) is 7.80. The SMILES string of the molecule is COc1ccc(CCN2C(=O)c3oc4cc(C)c(C)cc4c(=O)c3C2c2cccc(OCc3ccccc3)c2)cc1. The molecule has 5 aromatic rings. The molecule has 4 aromatic carbocycles. The third kappa shape index (κ3) is 5.09. The summed E-state index contributed by atoms with van der Waals surface area (Å²) in [5, 5.41) is 0.484. The van der Waals surface area contributed by atoms with Gasteiger partial charge in [-0.1, -0.05) is 54.6 Å². The standard InChI is InChI=1S/C35H31NO5/c1-22-18-29-30(19-23(22)2)41-34-31(33(29)37)32(36(35(34)38)17-16-24-12-14-27(39-3)15-13-24)26-10-7-11-28(20-26)40-21-25-8-5-4-6-9-25/h4-15,18-20,32H,16-17,21H2,1-3H3. The first kappa shape index (κ1) is 26.4. The molecule has 6 rings (SSSR count). The van der Waals surface area contributed by atoms with E-state index in [-0.39, 0.29) is 17.1 Å². The summed E-state index contributed by atoms with van der Waals surface area (Å²) in [6.45, 7) is 4.76. The lowest BCUT2D eigenvalue weighted by Gasteiger charge is -2.25. The molecule has 6 heteroatoms. The number of methoxy groups -OCH3 is 1. The summed E-state index contributed by atoms with van der Waals surface area (Å²) < 4.78 is 17.6.